The van der Waals surface area contributed by atoms with Crippen LogP contribution in [0, 0.1) is 23.7 Å². The Hall–Kier alpha value is -1.80. The molecule has 4 rings (SSSR count). The van der Waals surface area contributed by atoms with Gasteiger partial charge < -0.3 is 19.6 Å². The van der Waals surface area contributed by atoms with Gasteiger partial charge in [-0.15, -0.1) is 18.3 Å². The number of amides is 2. The number of nitrogens with zero attached hydrogens (tertiary/aromatic N) is 2. The van der Waals surface area contributed by atoms with Crippen LogP contribution in [0.25, 0.3) is 0 Å². The number of aliphatic hydroxyl groups is 1. The molecule has 3 unspecified atom stereocenters. The van der Waals surface area contributed by atoms with Gasteiger partial charge in [0, 0.05) is 17.8 Å². The third-order valence-electron chi connectivity index (χ3n) is 9.00. The molecule has 37 heavy (non-hydrogen) atoms. The lowest BCUT2D eigenvalue weighted by molar-refractivity contribution is -0.154. The molecule has 0 aromatic heterocycles. The van der Waals surface area contributed by atoms with E-state index in [-0.39, 0.29) is 54.1 Å². The molecule has 0 aromatic rings. The summed E-state index contributed by atoms with van der Waals surface area (Å²) in [6.45, 7) is 14.1. The monoisotopic (exact) mass is 532 g/mol. The molecule has 4 fully saturated rings. The molecular weight excluding hydrogens is 488 g/mol. The summed E-state index contributed by atoms with van der Waals surface area (Å²) < 4.78 is 4.77. The summed E-state index contributed by atoms with van der Waals surface area (Å²) in [5.74, 6) is -1.51. The molecule has 0 radical (unpaired) electrons. The Labute approximate surface area is 226 Å². The summed E-state index contributed by atoms with van der Waals surface area (Å²) in [6.07, 6.45) is 9.92. The van der Waals surface area contributed by atoms with Crippen LogP contribution in [0.1, 0.15) is 65.7 Å². The number of rotatable bonds is 11. The van der Waals surface area contributed by atoms with Crippen molar-refractivity contribution in [3.8, 4) is 0 Å². The van der Waals surface area contributed by atoms with Crippen LogP contribution in [0.15, 0.2) is 25.3 Å². The molecule has 3 aliphatic heterocycles. The first-order valence-corrected chi connectivity index (χ1v) is 14.9. The maximum absolute atomic E-state index is 14.7. The molecule has 1 spiro atoms. The third kappa shape index (κ3) is 4.77. The van der Waals surface area contributed by atoms with Crippen molar-refractivity contribution in [1.29, 1.82) is 0 Å². The quantitative estimate of drug-likeness (QED) is 0.322. The Bertz CT molecular complexity index is 903. The number of fused-ring (bicyclic) bond motifs is 1. The lowest BCUT2D eigenvalue weighted by Crippen LogP contribution is -2.60. The maximum atomic E-state index is 14.7. The van der Waals surface area contributed by atoms with Crippen LogP contribution in [0.4, 0.5) is 0 Å². The van der Waals surface area contributed by atoms with Crippen LogP contribution >= 0.6 is 11.8 Å². The van der Waals surface area contributed by atoms with Crippen molar-refractivity contribution in [2.75, 3.05) is 19.8 Å². The molecule has 2 amide bonds. The van der Waals surface area contributed by atoms with Gasteiger partial charge in [0.2, 0.25) is 11.8 Å². The van der Waals surface area contributed by atoms with E-state index in [4.69, 9.17) is 4.74 Å². The van der Waals surface area contributed by atoms with Crippen molar-refractivity contribution in [3.05, 3.63) is 25.3 Å². The van der Waals surface area contributed by atoms with Gasteiger partial charge in [-0.1, -0.05) is 58.8 Å². The smallest absolute Gasteiger partial charge is 0.311 e. The number of hydrogen-bond acceptors (Lipinski definition) is 6. The second-order valence-electron chi connectivity index (χ2n) is 11.8. The average Bonchev–Trinajstić information content (AvgIpc) is 3.48. The van der Waals surface area contributed by atoms with Crippen molar-refractivity contribution < 1.29 is 24.2 Å². The van der Waals surface area contributed by atoms with Crippen LogP contribution in [-0.4, -0.2) is 80.6 Å². The van der Waals surface area contributed by atoms with E-state index >= 15 is 0 Å². The van der Waals surface area contributed by atoms with E-state index in [0.717, 1.165) is 32.1 Å². The van der Waals surface area contributed by atoms with Crippen LogP contribution < -0.4 is 0 Å². The molecule has 1 N–H and O–H groups in total. The van der Waals surface area contributed by atoms with E-state index in [0.29, 0.717) is 13.0 Å². The van der Waals surface area contributed by atoms with Gasteiger partial charge in [-0.25, -0.2) is 0 Å². The van der Waals surface area contributed by atoms with E-state index in [1.807, 2.05) is 4.90 Å². The molecule has 7 atom stereocenters. The zero-order valence-electron chi connectivity index (χ0n) is 22.6. The fraction of sp³-hybridized carbons (Fsp3) is 0.759. The first-order chi connectivity index (χ1) is 17.7. The molecule has 1 saturated carbocycles. The molecule has 2 bridgehead atoms. The van der Waals surface area contributed by atoms with Gasteiger partial charge in [-0.2, -0.15) is 0 Å². The molecule has 206 valence electrons. The highest BCUT2D eigenvalue weighted by Crippen LogP contribution is 2.69. The number of thioether (sulfide) groups is 1. The van der Waals surface area contributed by atoms with E-state index in [1.165, 1.54) is 12.5 Å². The van der Waals surface area contributed by atoms with E-state index in [1.54, 1.807) is 22.7 Å². The second-order valence-corrected chi connectivity index (χ2v) is 13.3. The van der Waals surface area contributed by atoms with E-state index in [9.17, 15) is 19.5 Å². The van der Waals surface area contributed by atoms with Crippen LogP contribution in [-0.2, 0) is 19.1 Å². The Morgan fingerprint density at radius 1 is 1.24 bits per heavy atom. The van der Waals surface area contributed by atoms with Crippen molar-refractivity contribution in [1.82, 2.24) is 9.80 Å². The van der Waals surface area contributed by atoms with Crippen molar-refractivity contribution in [2.24, 2.45) is 23.7 Å². The molecular formula is C29H44N2O5S. The van der Waals surface area contributed by atoms with Crippen molar-refractivity contribution >= 4 is 29.5 Å². The SMILES string of the molecule is C=CCOC(=O)[C@@H]1[C@H]2C(=O)N([C@@H](CO)CC(C)C)C(C(=O)N(CC=C)C3CCCCC3)C23S[C@@H]1CC3C. The first-order valence-electron chi connectivity index (χ1n) is 14.0. The fourth-order valence-electron chi connectivity index (χ4n) is 7.57. The van der Waals surface area contributed by atoms with E-state index in [2.05, 4.69) is 33.9 Å². The predicted molar refractivity (Wildman–Crippen MR) is 146 cm³/mol. The molecule has 4 aliphatic rings. The summed E-state index contributed by atoms with van der Waals surface area (Å²) in [7, 11) is 0. The number of likely N-dealkylation sites (tertiary alicyclic amines) is 1. The standard InChI is InChI=1S/C29H44N2O5S/c1-6-13-30(20-11-9-8-10-12-20)27(34)25-29-19(5)16-22(37-29)23(28(35)36-14-7-2)24(29)26(33)31(25)21(17-32)15-18(3)4/h6-7,18-25,32H,1-2,8-17H2,3-5H3/t19?,21-,22-,23+,24+,25?,29?/m1/s1. The van der Waals surface area contributed by atoms with Gasteiger partial charge in [-0.3, -0.25) is 14.4 Å². The normalized spacial score (nSPS) is 33.9. The summed E-state index contributed by atoms with van der Waals surface area (Å²) in [6, 6.07) is -1.07. The number of aliphatic hydroxyl groups excluding tert-OH is 1. The number of ether oxygens (including phenoxy) is 1. The van der Waals surface area contributed by atoms with Crippen LogP contribution in [0.2, 0.25) is 0 Å². The summed E-state index contributed by atoms with van der Waals surface area (Å²) in [4.78, 5) is 45.9. The molecule has 0 aromatic carbocycles. The first kappa shape index (κ1) is 28.2. The molecule has 3 saturated heterocycles. The highest BCUT2D eigenvalue weighted by atomic mass is 32.2. The molecule has 1 aliphatic carbocycles. The maximum Gasteiger partial charge on any atom is 0.311 e. The number of hydrogen-bond donors (Lipinski definition) is 1. The van der Waals surface area contributed by atoms with Crippen molar-refractivity contribution in [3.63, 3.8) is 0 Å². The topological polar surface area (TPSA) is 87.1 Å². The summed E-state index contributed by atoms with van der Waals surface area (Å²) in [5, 5.41) is 10.4. The zero-order chi connectivity index (χ0) is 26.9. The Morgan fingerprint density at radius 2 is 1.95 bits per heavy atom. The fourth-order valence-corrected chi connectivity index (χ4v) is 9.96. The van der Waals surface area contributed by atoms with Gasteiger partial charge in [0.05, 0.1) is 29.2 Å². The summed E-state index contributed by atoms with van der Waals surface area (Å²) >= 11 is 1.66. The minimum absolute atomic E-state index is 0.0510. The second kappa shape index (κ2) is 11.5. The number of carbonyl (C=O) groups excluding carboxylic acids is 3. The highest BCUT2D eigenvalue weighted by molar-refractivity contribution is 8.02. The average molecular weight is 533 g/mol. The van der Waals surface area contributed by atoms with Gasteiger partial charge in [0.1, 0.15) is 12.6 Å². The predicted octanol–water partition coefficient (Wildman–Crippen LogP) is 3.81. The van der Waals surface area contributed by atoms with Crippen LogP contribution in [0.5, 0.6) is 0 Å². The highest BCUT2D eigenvalue weighted by Gasteiger charge is 2.77. The van der Waals surface area contributed by atoms with Gasteiger partial charge in [0.15, 0.2) is 0 Å². The number of carbonyl (C=O) groups is 3. The largest absolute Gasteiger partial charge is 0.461 e. The number of esters is 1. The Kier molecular flexibility index (Phi) is 8.79. The molecule has 3 heterocycles. The van der Waals surface area contributed by atoms with Gasteiger partial charge in [0.25, 0.3) is 0 Å². The zero-order valence-corrected chi connectivity index (χ0v) is 23.5. The lowest BCUT2D eigenvalue weighted by atomic mass is 9.66. The third-order valence-corrected chi connectivity index (χ3v) is 11.1. The molecule has 8 heteroatoms. The van der Waals surface area contributed by atoms with Crippen molar-refractivity contribution in [2.45, 2.75) is 93.8 Å². The van der Waals surface area contributed by atoms with Gasteiger partial charge in [-0.05, 0) is 37.5 Å². The van der Waals surface area contributed by atoms with Gasteiger partial charge >= 0.3 is 5.97 Å². The molecule has 7 nitrogen and oxygen atoms in total. The van der Waals surface area contributed by atoms with E-state index < -0.39 is 28.7 Å². The summed E-state index contributed by atoms with van der Waals surface area (Å²) in [5.41, 5.74) is 0. The lowest BCUT2D eigenvalue weighted by Gasteiger charge is -2.44. The van der Waals surface area contributed by atoms with Crippen LogP contribution in [0.3, 0.4) is 0 Å². The minimum atomic E-state index is -0.718. The minimum Gasteiger partial charge on any atom is -0.461 e. The Balaban J connectivity index is 1.80. The Morgan fingerprint density at radius 3 is 2.54 bits per heavy atom.